The molecule has 1 N–H and O–H groups in total. The van der Waals surface area contributed by atoms with Crippen molar-refractivity contribution >= 4 is 39.8 Å². The summed E-state index contributed by atoms with van der Waals surface area (Å²) < 4.78 is 5.69. The lowest BCUT2D eigenvalue weighted by Crippen LogP contribution is -2.23. The highest BCUT2D eigenvalue weighted by atomic mass is 35.5. The molecule has 0 atom stereocenters. The summed E-state index contributed by atoms with van der Waals surface area (Å²) in [7, 11) is 0. The van der Waals surface area contributed by atoms with Gasteiger partial charge in [-0.25, -0.2) is 4.98 Å². The normalized spacial score (nSPS) is 11.0. The van der Waals surface area contributed by atoms with Crippen LogP contribution in [0.4, 0.5) is 0 Å². The van der Waals surface area contributed by atoms with Crippen LogP contribution in [0.2, 0.25) is 5.02 Å². The number of nitrogens with one attached hydrogen (secondary N) is 1. The number of hydrogen-bond acceptors (Lipinski definition) is 4. The molecule has 0 saturated carbocycles. The molecule has 0 aliphatic carbocycles. The number of carbonyl (C=O) groups excluding carboxylic acids is 1. The molecular formula is C20H15ClN2O2S. The van der Waals surface area contributed by atoms with Crippen molar-refractivity contribution in [1.82, 2.24) is 10.3 Å². The van der Waals surface area contributed by atoms with Crippen molar-refractivity contribution in [3.8, 4) is 10.6 Å². The van der Waals surface area contributed by atoms with Gasteiger partial charge in [0.15, 0.2) is 5.76 Å². The van der Waals surface area contributed by atoms with Gasteiger partial charge < -0.3 is 9.73 Å². The van der Waals surface area contributed by atoms with Gasteiger partial charge in [0.25, 0.3) is 5.91 Å². The maximum absolute atomic E-state index is 12.5. The summed E-state index contributed by atoms with van der Waals surface area (Å²) >= 11 is 7.58. The summed E-state index contributed by atoms with van der Waals surface area (Å²) in [5.74, 6) is 0.0462. The molecule has 0 saturated heterocycles. The van der Waals surface area contributed by atoms with Crippen LogP contribution in [0.5, 0.6) is 0 Å². The Balaban J connectivity index is 1.49. The number of rotatable bonds is 4. The van der Waals surface area contributed by atoms with Crippen LogP contribution < -0.4 is 5.32 Å². The molecule has 1 amide bonds. The van der Waals surface area contributed by atoms with Crippen molar-refractivity contribution in [2.75, 3.05) is 0 Å². The number of aryl methyl sites for hydroxylation is 1. The average Bonchev–Trinajstić information content (AvgIpc) is 3.26. The van der Waals surface area contributed by atoms with Crippen LogP contribution in [-0.2, 0) is 6.54 Å². The molecule has 2 aromatic heterocycles. The minimum atomic E-state index is -0.260. The molecule has 0 bridgehead atoms. The summed E-state index contributed by atoms with van der Waals surface area (Å²) in [6.45, 7) is 2.20. The van der Waals surface area contributed by atoms with Gasteiger partial charge in [0, 0.05) is 26.9 Å². The highest BCUT2D eigenvalue weighted by Crippen LogP contribution is 2.28. The molecule has 0 aliphatic heterocycles. The van der Waals surface area contributed by atoms with Crippen LogP contribution >= 0.6 is 22.9 Å². The van der Waals surface area contributed by atoms with Crippen molar-refractivity contribution in [1.29, 1.82) is 0 Å². The second-order valence-corrected chi connectivity index (χ2v) is 7.18. The number of furan rings is 1. The Morgan fingerprint density at radius 2 is 2.04 bits per heavy atom. The molecule has 6 heteroatoms. The standard InChI is InChI=1S/C20H15ClN2O2S/c1-12-16-9-14(21)7-8-17(16)25-18(12)19(24)22-10-15-11-26-20(23-15)13-5-3-2-4-6-13/h2-9,11H,10H2,1H3,(H,22,24). The Bertz CT molecular complexity index is 1090. The molecule has 4 aromatic rings. The summed E-state index contributed by atoms with van der Waals surface area (Å²) in [6, 6.07) is 15.3. The Morgan fingerprint density at radius 3 is 2.85 bits per heavy atom. The fourth-order valence-corrected chi connectivity index (χ4v) is 3.76. The van der Waals surface area contributed by atoms with E-state index in [-0.39, 0.29) is 5.91 Å². The second-order valence-electron chi connectivity index (χ2n) is 5.89. The molecule has 0 fully saturated rings. The van der Waals surface area contributed by atoms with Gasteiger partial charge in [0.2, 0.25) is 0 Å². The highest BCUT2D eigenvalue weighted by molar-refractivity contribution is 7.13. The zero-order valence-electron chi connectivity index (χ0n) is 14.0. The minimum absolute atomic E-state index is 0.260. The van der Waals surface area contributed by atoms with E-state index in [1.165, 1.54) is 0 Å². The topological polar surface area (TPSA) is 55.1 Å². The highest BCUT2D eigenvalue weighted by Gasteiger charge is 2.18. The number of fused-ring (bicyclic) bond motifs is 1. The first-order chi connectivity index (χ1) is 12.6. The van der Waals surface area contributed by atoms with Gasteiger partial charge in [-0.15, -0.1) is 11.3 Å². The van der Waals surface area contributed by atoms with Gasteiger partial charge in [0.05, 0.1) is 12.2 Å². The predicted molar refractivity (Wildman–Crippen MR) is 105 cm³/mol. The number of aromatic nitrogens is 1. The molecule has 0 radical (unpaired) electrons. The van der Waals surface area contributed by atoms with Crippen molar-refractivity contribution in [3.63, 3.8) is 0 Å². The lowest BCUT2D eigenvalue weighted by atomic mass is 10.1. The number of carbonyl (C=O) groups is 1. The fourth-order valence-electron chi connectivity index (χ4n) is 2.76. The molecular weight excluding hydrogens is 368 g/mol. The monoisotopic (exact) mass is 382 g/mol. The summed E-state index contributed by atoms with van der Waals surface area (Å²) in [5.41, 5.74) is 3.32. The first kappa shape index (κ1) is 16.8. The van der Waals surface area contributed by atoms with Crippen molar-refractivity contribution in [3.05, 3.63) is 76.0 Å². The van der Waals surface area contributed by atoms with E-state index >= 15 is 0 Å². The third kappa shape index (κ3) is 3.23. The summed E-state index contributed by atoms with van der Waals surface area (Å²) in [6.07, 6.45) is 0. The smallest absolute Gasteiger partial charge is 0.287 e. The zero-order chi connectivity index (χ0) is 18.1. The van der Waals surface area contributed by atoms with Crippen LogP contribution in [0.3, 0.4) is 0 Å². The van der Waals surface area contributed by atoms with Crippen LogP contribution in [0.15, 0.2) is 58.3 Å². The van der Waals surface area contributed by atoms with Gasteiger partial charge >= 0.3 is 0 Å². The molecule has 26 heavy (non-hydrogen) atoms. The first-order valence-corrected chi connectivity index (χ1v) is 9.34. The van der Waals surface area contributed by atoms with E-state index in [0.29, 0.717) is 22.9 Å². The van der Waals surface area contributed by atoms with Crippen molar-refractivity contribution < 1.29 is 9.21 Å². The van der Waals surface area contributed by atoms with E-state index in [2.05, 4.69) is 10.3 Å². The third-order valence-corrected chi connectivity index (χ3v) is 5.28. The van der Waals surface area contributed by atoms with Gasteiger partial charge in [-0.05, 0) is 25.1 Å². The lowest BCUT2D eigenvalue weighted by molar-refractivity contribution is 0.0924. The maximum atomic E-state index is 12.5. The molecule has 0 unspecified atom stereocenters. The Morgan fingerprint density at radius 1 is 1.23 bits per heavy atom. The van der Waals surface area contributed by atoms with E-state index in [1.54, 1.807) is 29.5 Å². The van der Waals surface area contributed by atoms with Crippen LogP contribution in [0.1, 0.15) is 21.8 Å². The van der Waals surface area contributed by atoms with Crippen LogP contribution in [0, 0.1) is 6.92 Å². The van der Waals surface area contributed by atoms with E-state index in [9.17, 15) is 4.79 Å². The maximum Gasteiger partial charge on any atom is 0.287 e. The zero-order valence-corrected chi connectivity index (χ0v) is 15.5. The Hall–Kier alpha value is -2.63. The molecule has 2 heterocycles. The number of thiazole rings is 1. The minimum Gasteiger partial charge on any atom is -0.451 e. The largest absolute Gasteiger partial charge is 0.451 e. The quantitative estimate of drug-likeness (QED) is 0.510. The summed E-state index contributed by atoms with van der Waals surface area (Å²) in [5, 5.41) is 7.23. The molecule has 130 valence electrons. The number of benzene rings is 2. The Kier molecular flexibility index (Phi) is 4.49. The molecule has 0 aliphatic rings. The van der Waals surface area contributed by atoms with E-state index in [4.69, 9.17) is 16.0 Å². The SMILES string of the molecule is Cc1c(C(=O)NCc2csc(-c3ccccc3)n2)oc2ccc(Cl)cc12. The molecule has 2 aromatic carbocycles. The number of halogens is 1. The lowest BCUT2D eigenvalue weighted by Gasteiger charge is -2.01. The van der Waals surface area contributed by atoms with Crippen molar-refractivity contribution in [2.24, 2.45) is 0 Å². The first-order valence-electron chi connectivity index (χ1n) is 8.08. The van der Waals surface area contributed by atoms with Gasteiger partial charge in [-0.1, -0.05) is 41.9 Å². The number of hydrogen-bond donors (Lipinski definition) is 1. The fraction of sp³-hybridized carbons (Fsp3) is 0.100. The average molecular weight is 383 g/mol. The van der Waals surface area contributed by atoms with E-state index in [0.717, 1.165) is 27.2 Å². The second kappa shape index (κ2) is 6.94. The van der Waals surface area contributed by atoms with Gasteiger partial charge in [0.1, 0.15) is 10.6 Å². The number of amides is 1. The van der Waals surface area contributed by atoms with Crippen LogP contribution in [-0.4, -0.2) is 10.9 Å². The van der Waals surface area contributed by atoms with Gasteiger partial charge in [-0.3, -0.25) is 4.79 Å². The predicted octanol–water partition coefficient (Wildman–Crippen LogP) is 5.45. The van der Waals surface area contributed by atoms with E-state index < -0.39 is 0 Å². The van der Waals surface area contributed by atoms with Crippen LogP contribution in [0.25, 0.3) is 21.5 Å². The Labute approximate surface area is 159 Å². The third-order valence-electron chi connectivity index (χ3n) is 4.11. The number of nitrogens with zero attached hydrogens (tertiary/aromatic N) is 1. The van der Waals surface area contributed by atoms with E-state index in [1.807, 2.05) is 42.6 Å². The molecule has 4 rings (SSSR count). The molecule has 0 spiro atoms. The molecule has 4 nitrogen and oxygen atoms in total. The van der Waals surface area contributed by atoms with Crippen molar-refractivity contribution in [2.45, 2.75) is 13.5 Å². The van der Waals surface area contributed by atoms with Gasteiger partial charge in [-0.2, -0.15) is 0 Å². The summed E-state index contributed by atoms with van der Waals surface area (Å²) in [4.78, 5) is 17.1.